The van der Waals surface area contributed by atoms with E-state index in [4.69, 9.17) is 46.4 Å². The van der Waals surface area contributed by atoms with Crippen molar-refractivity contribution in [2.24, 2.45) is 11.8 Å². The van der Waals surface area contributed by atoms with E-state index < -0.39 is 11.2 Å². The molecule has 0 aliphatic heterocycles. The third-order valence-electron chi connectivity index (χ3n) is 8.52. The number of hydrogen-bond acceptors (Lipinski definition) is 2. The summed E-state index contributed by atoms with van der Waals surface area (Å²) in [5, 5.41) is 28.0. The van der Waals surface area contributed by atoms with Gasteiger partial charge in [-0.3, -0.25) is 0 Å². The summed E-state index contributed by atoms with van der Waals surface area (Å²) in [4.78, 5) is 0. The zero-order valence-electron chi connectivity index (χ0n) is 25.2. The van der Waals surface area contributed by atoms with Crippen LogP contribution in [-0.4, -0.2) is 10.2 Å². The van der Waals surface area contributed by atoms with Crippen LogP contribution < -0.4 is 0 Å². The van der Waals surface area contributed by atoms with E-state index in [0.29, 0.717) is 20.1 Å². The first-order valence-corrected chi connectivity index (χ1v) is 16.8. The van der Waals surface area contributed by atoms with E-state index in [0.717, 1.165) is 60.8 Å². The molecule has 2 N–H and O–H groups in total. The van der Waals surface area contributed by atoms with Crippen LogP contribution in [0.4, 0.5) is 0 Å². The van der Waals surface area contributed by atoms with Gasteiger partial charge in [0, 0.05) is 31.9 Å². The highest BCUT2D eigenvalue weighted by Crippen LogP contribution is 2.44. The molecule has 0 aromatic heterocycles. The molecule has 0 aliphatic rings. The fourth-order valence-corrected chi connectivity index (χ4v) is 6.51. The molecule has 232 valence electrons. The Morgan fingerprint density at radius 3 is 0.909 bits per heavy atom. The van der Waals surface area contributed by atoms with Crippen molar-refractivity contribution in [3.8, 4) is 0 Å². The topological polar surface area (TPSA) is 40.5 Å². The lowest BCUT2D eigenvalue weighted by Gasteiger charge is -2.38. The lowest BCUT2D eigenvalue weighted by Crippen LogP contribution is -2.37. The number of unbranched alkanes of at least 4 members (excludes halogenated alkanes) is 2. The second-order valence-electron chi connectivity index (χ2n) is 11.4. The molecule has 0 aliphatic carbocycles. The average Bonchev–Trinajstić information content (AvgIpc) is 3.03. The van der Waals surface area contributed by atoms with E-state index in [-0.39, 0.29) is 11.8 Å². The highest BCUT2D eigenvalue weighted by Gasteiger charge is 2.41. The van der Waals surface area contributed by atoms with Crippen LogP contribution in [0.5, 0.6) is 0 Å². The summed E-state index contributed by atoms with van der Waals surface area (Å²) in [6.07, 6.45) is 9.45. The van der Waals surface area contributed by atoms with E-state index in [1.165, 1.54) is 0 Å². The maximum atomic E-state index is 12.8. The van der Waals surface area contributed by atoms with Crippen molar-refractivity contribution in [3.05, 3.63) is 152 Å². The fraction of sp³-hybridized carbons (Fsp3) is 0.316. The maximum Gasteiger partial charge on any atom is 0.121 e. The first-order chi connectivity index (χ1) is 21.1. The summed E-state index contributed by atoms with van der Waals surface area (Å²) >= 11 is 25.1. The first kappa shape index (κ1) is 34.6. The van der Waals surface area contributed by atoms with Crippen LogP contribution in [0.25, 0.3) is 0 Å². The monoisotopic (exact) mass is 668 g/mol. The predicted molar refractivity (Wildman–Crippen MR) is 187 cm³/mol. The van der Waals surface area contributed by atoms with Crippen molar-refractivity contribution >= 4 is 46.4 Å². The Morgan fingerprint density at radius 1 is 0.477 bits per heavy atom. The molecule has 0 fully saturated rings. The van der Waals surface area contributed by atoms with Gasteiger partial charge in [-0.1, -0.05) is 147 Å². The Kier molecular flexibility index (Phi) is 12.4. The average molecular weight is 671 g/mol. The van der Waals surface area contributed by atoms with E-state index in [2.05, 4.69) is 26.0 Å². The third kappa shape index (κ3) is 7.91. The molecule has 0 bridgehead atoms. The standard InChI is InChI=1S/C38H40Cl4O2/c1-3-5-7-27(37(43,29-11-19-33(39)20-12-29)30-13-21-34(40)22-14-30)9-10-28(8-6-4-2)38(44,31-15-23-35(41)24-16-31)32-17-25-36(42)26-18-32/h9-28,43-44H,3-8H2,1-2H3/b10-9-/t27-,28+. The minimum atomic E-state index is -1.37. The van der Waals surface area contributed by atoms with Crippen LogP contribution in [-0.2, 0) is 11.2 Å². The largest absolute Gasteiger partial charge is 0.380 e. The van der Waals surface area contributed by atoms with E-state index in [9.17, 15) is 10.2 Å². The molecule has 2 atom stereocenters. The maximum absolute atomic E-state index is 12.8. The molecule has 44 heavy (non-hydrogen) atoms. The quantitative estimate of drug-likeness (QED) is 0.131. The molecule has 0 heterocycles. The van der Waals surface area contributed by atoms with Gasteiger partial charge < -0.3 is 10.2 Å². The number of halogens is 4. The minimum absolute atomic E-state index is 0.311. The molecule has 0 amide bonds. The Balaban J connectivity index is 1.89. The van der Waals surface area contributed by atoms with Gasteiger partial charge >= 0.3 is 0 Å². The molecular weight excluding hydrogens is 630 g/mol. The van der Waals surface area contributed by atoms with Gasteiger partial charge in [0.15, 0.2) is 0 Å². The van der Waals surface area contributed by atoms with Crippen LogP contribution >= 0.6 is 46.4 Å². The molecule has 0 saturated heterocycles. The van der Waals surface area contributed by atoms with Crippen molar-refractivity contribution in [2.75, 3.05) is 0 Å². The van der Waals surface area contributed by atoms with Gasteiger partial charge in [0.25, 0.3) is 0 Å². The molecule has 4 aromatic carbocycles. The zero-order chi connectivity index (χ0) is 31.7. The second kappa shape index (κ2) is 15.8. The molecule has 0 saturated carbocycles. The summed E-state index contributed by atoms with van der Waals surface area (Å²) in [7, 11) is 0. The van der Waals surface area contributed by atoms with Crippen LogP contribution in [0, 0.1) is 11.8 Å². The van der Waals surface area contributed by atoms with E-state index >= 15 is 0 Å². The van der Waals surface area contributed by atoms with Crippen molar-refractivity contribution < 1.29 is 10.2 Å². The summed E-state index contributed by atoms with van der Waals surface area (Å²) in [5.74, 6) is -0.623. The number of benzene rings is 4. The van der Waals surface area contributed by atoms with Gasteiger partial charge in [-0.2, -0.15) is 0 Å². The van der Waals surface area contributed by atoms with Gasteiger partial charge in [0.2, 0.25) is 0 Å². The van der Waals surface area contributed by atoms with E-state index in [1.54, 1.807) is 0 Å². The Morgan fingerprint density at radius 2 is 0.705 bits per heavy atom. The van der Waals surface area contributed by atoms with Gasteiger partial charge in [-0.05, 0) is 83.6 Å². The van der Waals surface area contributed by atoms with Crippen molar-refractivity contribution in [1.29, 1.82) is 0 Å². The van der Waals surface area contributed by atoms with Gasteiger partial charge in [0.05, 0.1) is 0 Å². The lowest BCUT2D eigenvalue weighted by atomic mass is 9.71. The highest BCUT2D eigenvalue weighted by molar-refractivity contribution is 6.31. The molecular formula is C38H40Cl4O2. The lowest BCUT2D eigenvalue weighted by molar-refractivity contribution is 0.0246. The zero-order valence-corrected chi connectivity index (χ0v) is 28.2. The van der Waals surface area contributed by atoms with Crippen molar-refractivity contribution in [2.45, 2.75) is 63.6 Å². The SMILES string of the molecule is CCCC[C@@H](/C=C\[C@@H](CCCC)C(O)(c1ccc(Cl)cc1)c1ccc(Cl)cc1)C(O)(c1ccc(Cl)cc1)c1ccc(Cl)cc1. The molecule has 0 spiro atoms. The highest BCUT2D eigenvalue weighted by atomic mass is 35.5. The predicted octanol–water partition coefficient (Wildman–Crippen LogP) is 11.6. The molecule has 0 radical (unpaired) electrons. The summed E-state index contributed by atoms with van der Waals surface area (Å²) in [6, 6.07) is 29.5. The van der Waals surface area contributed by atoms with Gasteiger partial charge in [-0.15, -0.1) is 0 Å². The molecule has 0 unspecified atom stereocenters. The van der Waals surface area contributed by atoms with Gasteiger partial charge in [-0.25, -0.2) is 0 Å². The fourth-order valence-electron chi connectivity index (χ4n) is 6.01. The number of hydrogen-bond donors (Lipinski definition) is 2. The van der Waals surface area contributed by atoms with Crippen molar-refractivity contribution in [3.63, 3.8) is 0 Å². The number of aliphatic hydroxyl groups is 2. The molecule has 6 heteroatoms. The minimum Gasteiger partial charge on any atom is -0.380 e. The van der Waals surface area contributed by atoms with Gasteiger partial charge in [0.1, 0.15) is 11.2 Å². The van der Waals surface area contributed by atoms with Crippen molar-refractivity contribution in [1.82, 2.24) is 0 Å². The van der Waals surface area contributed by atoms with Crippen LogP contribution in [0.15, 0.2) is 109 Å². The Hall–Kier alpha value is -2.30. The third-order valence-corrected chi connectivity index (χ3v) is 9.53. The van der Waals surface area contributed by atoms with E-state index in [1.807, 2.05) is 97.1 Å². The summed E-state index contributed by atoms with van der Waals surface area (Å²) in [6.45, 7) is 4.29. The summed E-state index contributed by atoms with van der Waals surface area (Å²) < 4.78 is 0. The van der Waals surface area contributed by atoms with Crippen LogP contribution in [0.3, 0.4) is 0 Å². The Labute approximate surface area is 282 Å². The smallest absolute Gasteiger partial charge is 0.121 e. The van der Waals surface area contributed by atoms with Crippen LogP contribution in [0.2, 0.25) is 20.1 Å². The Bertz CT molecular complexity index is 1270. The molecule has 4 rings (SSSR count). The molecule has 4 aromatic rings. The second-order valence-corrected chi connectivity index (χ2v) is 13.2. The molecule has 2 nitrogen and oxygen atoms in total. The number of rotatable bonds is 14. The summed E-state index contributed by atoms with van der Waals surface area (Å²) in [5.41, 5.74) is 0.233. The normalized spacial score (nSPS) is 13.7. The van der Waals surface area contributed by atoms with Crippen LogP contribution in [0.1, 0.15) is 74.6 Å². The first-order valence-electron chi connectivity index (χ1n) is 15.3.